The van der Waals surface area contributed by atoms with Crippen LogP contribution < -0.4 is 0 Å². The summed E-state index contributed by atoms with van der Waals surface area (Å²) in [6.07, 6.45) is 0.610. The molecule has 0 heterocycles. The molecule has 0 fully saturated rings. The Hall–Kier alpha value is -0.367. The number of carbonyl (C=O) groups is 1. The summed E-state index contributed by atoms with van der Waals surface area (Å²) in [5.74, 6) is -0.335. The normalized spacial score (nSPS) is 7.64. The van der Waals surface area contributed by atoms with E-state index in [-0.39, 0.29) is 24.2 Å². The van der Waals surface area contributed by atoms with Gasteiger partial charge < -0.3 is 11.7 Å². The molecule has 60 valence electrons. The van der Waals surface area contributed by atoms with Crippen LogP contribution in [-0.4, -0.2) is 12.6 Å². The number of hydrogen-bond acceptors (Lipinski definition) is 3. The van der Waals surface area contributed by atoms with E-state index in [1.165, 1.54) is 0 Å². The van der Waals surface area contributed by atoms with Crippen LogP contribution in [0.15, 0.2) is 12.2 Å². The van der Waals surface area contributed by atoms with Crippen LogP contribution in [0.3, 0.4) is 0 Å². The monoisotopic (exact) mass is 207 g/mol. The van der Waals surface area contributed by atoms with Crippen molar-refractivity contribution in [1.82, 2.24) is 0 Å². The van der Waals surface area contributed by atoms with Gasteiger partial charge in [-0.25, -0.2) is 4.79 Å². The van der Waals surface area contributed by atoms with Gasteiger partial charge in [0.05, 0.1) is 6.61 Å². The van der Waals surface area contributed by atoms with Crippen molar-refractivity contribution in [2.75, 3.05) is 6.61 Å². The van der Waals surface area contributed by atoms with Crippen molar-refractivity contribution in [2.45, 2.75) is 13.3 Å². The molecule has 0 unspecified atom stereocenters. The number of rotatable bonds is 3. The Bertz CT molecular complexity index is 134. The third-order valence-electron chi connectivity index (χ3n) is 0.726. The average Bonchev–Trinajstić information content (AvgIpc) is 2.03. The van der Waals surface area contributed by atoms with Crippen LogP contribution in [-0.2, 0) is 31.4 Å². The van der Waals surface area contributed by atoms with E-state index in [0.717, 1.165) is 0 Å². The Morgan fingerprint density at radius 3 is 2.36 bits per heavy atom. The van der Waals surface area contributed by atoms with Gasteiger partial charge in [-0.3, -0.25) is 0 Å². The van der Waals surface area contributed by atoms with Crippen molar-refractivity contribution in [3.63, 3.8) is 0 Å². The fourth-order valence-electron chi connectivity index (χ4n) is 0.288. The molecule has 0 amide bonds. The van der Waals surface area contributed by atoms with Gasteiger partial charge >= 0.3 is 27.8 Å². The second kappa shape index (κ2) is 9.63. The molecule has 0 aromatic rings. The molecule has 4 heteroatoms. The Morgan fingerprint density at radius 2 is 2.09 bits per heavy atom. The maximum absolute atomic E-state index is 10.6. The summed E-state index contributed by atoms with van der Waals surface area (Å²) in [6, 6.07) is 0. The van der Waals surface area contributed by atoms with E-state index in [4.69, 9.17) is 3.57 Å². The minimum absolute atomic E-state index is 0.125. The minimum atomic E-state index is -0.335. The Kier molecular flexibility index (Phi) is 11.6. The molecule has 0 aromatic carbocycles. The number of ether oxygens (including phenoxy) is 1. The first-order valence-electron chi connectivity index (χ1n) is 3.09. The maximum atomic E-state index is 10.6. The van der Waals surface area contributed by atoms with Gasteiger partial charge in [0.15, 0.2) is 0 Å². The molecule has 0 aromatic heterocycles. The van der Waals surface area contributed by atoms with Crippen molar-refractivity contribution in [2.24, 2.45) is 0 Å². The second-order valence-corrected chi connectivity index (χ2v) is 1.77. The van der Waals surface area contributed by atoms with Crippen LogP contribution in [0, 0.1) is 6.92 Å². The van der Waals surface area contributed by atoms with Gasteiger partial charge in [0.1, 0.15) is 0 Å². The zero-order valence-corrected chi connectivity index (χ0v) is 9.73. The van der Waals surface area contributed by atoms with Crippen molar-refractivity contribution in [1.29, 1.82) is 0 Å². The third kappa shape index (κ3) is 9.63. The van der Waals surface area contributed by atoms with Crippen molar-refractivity contribution in [3.8, 4) is 0 Å². The van der Waals surface area contributed by atoms with Crippen molar-refractivity contribution < 1.29 is 31.4 Å². The summed E-state index contributed by atoms with van der Waals surface area (Å²) in [4.78, 5) is 10.6. The van der Waals surface area contributed by atoms with E-state index in [1.807, 2.05) is 0 Å². The molecule has 11 heavy (non-hydrogen) atoms. The molecule has 0 N–H and O–H groups in total. The topological polar surface area (TPSA) is 43.4 Å². The van der Waals surface area contributed by atoms with Crippen LogP contribution >= 0.6 is 0 Å². The fourth-order valence-corrected chi connectivity index (χ4v) is 0.288. The molecule has 0 aliphatic carbocycles. The van der Waals surface area contributed by atoms with Gasteiger partial charge in [0.25, 0.3) is 0 Å². The predicted octanol–water partition coefficient (Wildman–Crippen LogP) is 1.21. The van der Waals surface area contributed by atoms with Gasteiger partial charge in [-0.2, -0.15) is 0 Å². The molecule has 0 saturated heterocycles. The Balaban J connectivity index is 0. The Morgan fingerprint density at radius 1 is 1.64 bits per heavy atom. The van der Waals surface area contributed by atoms with E-state index in [2.05, 4.69) is 18.2 Å². The van der Waals surface area contributed by atoms with E-state index in [1.54, 1.807) is 6.92 Å². The predicted molar refractivity (Wildman–Crippen MR) is 36.4 cm³/mol. The van der Waals surface area contributed by atoms with E-state index < -0.39 is 0 Å². The number of hydrogen-bond donors (Lipinski definition) is 0. The van der Waals surface area contributed by atoms with E-state index in [0.29, 0.717) is 18.6 Å². The zero-order chi connectivity index (χ0) is 9.28. The Labute approximate surface area is 76.8 Å². The van der Waals surface area contributed by atoms with Crippen LogP contribution in [0.2, 0.25) is 0 Å². The molecule has 0 atom stereocenters. The van der Waals surface area contributed by atoms with Crippen molar-refractivity contribution in [3.05, 3.63) is 19.1 Å². The third-order valence-corrected chi connectivity index (χ3v) is 0.726. The summed E-state index contributed by atoms with van der Waals surface area (Å²) >= 11 is 0.125. The van der Waals surface area contributed by atoms with Gasteiger partial charge in [0.2, 0.25) is 0 Å². The summed E-state index contributed by atoms with van der Waals surface area (Å²) < 4.78 is 13.0. The average molecular weight is 209 g/mol. The fraction of sp³-hybridized carbons (Fsp3) is 0.429. The van der Waals surface area contributed by atoms with E-state index in [9.17, 15) is 4.79 Å². The van der Waals surface area contributed by atoms with Gasteiger partial charge in [-0.15, -0.1) is 6.42 Å². The molecule has 0 saturated carbocycles. The summed E-state index contributed by atoms with van der Waals surface area (Å²) in [7, 11) is 0. The zero-order valence-electron chi connectivity index (χ0n) is 6.76. The first-order valence-corrected chi connectivity index (χ1v) is 4.30. The molecule has 0 rings (SSSR count). The molecular formula is C7H11O3Zn-. The quantitative estimate of drug-likeness (QED) is 0.303. The molecule has 0 bridgehead atoms. The van der Waals surface area contributed by atoms with E-state index >= 15 is 0 Å². The number of carbonyl (C=O) groups excluding carboxylic acids is 1. The summed E-state index contributed by atoms with van der Waals surface area (Å²) in [5.41, 5.74) is 0.434. The standard InChI is InChI=1S/C7H11O2.O.Zn/c1-4-5-9-7(8)6(2)3;;/h1-2,4-5H2,3H3;;/q-1;;. The second-order valence-electron chi connectivity index (χ2n) is 1.77. The number of esters is 1. The first-order chi connectivity index (χ1) is 5.18. The molecule has 0 aliphatic rings. The van der Waals surface area contributed by atoms with Crippen LogP contribution in [0.1, 0.15) is 13.3 Å². The van der Waals surface area contributed by atoms with Gasteiger partial charge in [-0.1, -0.05) is 6.58 Å². The molecule has 0 radical (unpaired) electrons. The van der Waals surface area contributed by atoms with Gasteiger partial charge in [-0.05, 0) is 6.92 Å². The van der Waals surface area contributed by atoms with Gasteiger partial charge in [0, 0.05) is 5.57 Å². The first kappa shape index (κ1) is 13.2. The molecule has 0 spiro atoms. The molecule has 0 aliphatic heterocycles. The molecule has 3 nitrogen and oxygen atoms in total. The van der Waals surface area contributed by atoms with Crippen LogP contribution in [0.25, 0.3) is 0 Å². The summed E-state index contributed by atoms with van der Waals surface area (Å²) in [6.45, 7) is 8.92. The van der Waals surface area contributed by atoms with Crippen LogP contribution in [0.5, 0.6) is 0 Å². The molecular weight excluding hydrogens is 197 g/mol. The van der Waals surface area contributed by atoms with Crippen LogP contribution in [0.4, 0.5) is 0 Å². The SMILES string of the molecule is C=C(C)C(=O)OCC[CH2-].[O]=[Zn]. The summed E-state index contributed by atoms with van der Waals surface area (Å²) in [5, 5.41) is 0. The van der Waals surface area contributed by atoms with Crippen molar-refractivity contribution >= 4 is 5.97 Å².